The molecule has 0 heterocycles. The highest BCUT2D eigenvalue weighted by molar-refractivity contribution is 6.23. The molecule has 26 heavy (non-hydrogen) atoms. The lowest BCUT2D eigenvalue weighted by atomic mass is 10.0. The molecule has 0 aliphatic rings. The van der Waals surface area contributed by atoms with Crippen molar-refractivity contribution in [3.63, 3.8) is 0 Å². The van der Waals surface area contributed by atoms with E-state index in [1.54, 1.807) is 30.3 Å². The van der Waals surface area contributed by atoms with Crippen LogP contribution in [0.4, 0.5) is 0 Å². The van der Waals surface area contributed by atoms with Crippen molar-refractivity contribution in [3.05, 3.63) is 41.5 Å². The number of hydrogen-bond acceptors (Lipinski definition) is 6. The molecular formula is C19H21NO6. The van der Waals surface area contributed by atoms with E-state index in [1.807, 2.05) is 0 Å². The van der Waals surface area contributed by atoms with Gasteiger partial charge in [-0.2, -0.15) is 0 Å². The predicted octanol–water partition coefficient (Wildman–Crippen LogP) is 2.45. The van der Waals surface area contributed by atoms with E-state index >= 15 is 0 Å². The lowest BCUT2D eigenvalue weighted by Crippen LogP contribution is -2.13. The lowest BCUT2D eigenvalue weighted by Gasteiger charge is -2.15. The maximum Gasteiger partial charge on any atom is 0.249 e. The number of aromatic hydroxyl groups is 1. The molecule has 0 aliphatic carbocycles. The molecule has 0 fully saturated rings. The molecule has 138 valence electrons. The van der Waals surface area contributed by atoms with Gasteiger partial charge in [-0.3, -0.25) is 4.79 Å². The Morgan fingerprint density at radius 2 is 1.50 bits per heavy atom. The summed E-state index contributed by atoms with van der Waals surface area (Å²) in [5.74, 6) is 0.836. The number of phenolic OH excluding ortho intramolecular Hbond substituents is 1. The Morgan fingerprint density at radius 1 is 0.923 bits per heavy atom. The van der Waals surface area contributed by atoms with Gasteiger partial charge in [-0.1, -0.05) is 6.07 Å². The van der Waals surface area contributed by atoms with E-state index in [-0.39, 0.29) is 11.3 Å². The number of hydrogen-bond donors (Lipinski definition) is 2. The second-order valence-corrected chi connectivity index (χ2v) is 5.27. The number of carbonyl (C=O) groups is 1. The van der Waals surface area contributed by atoms with Crippen LogP contribution in [0.1, 0.15) is 11.1 Å². The van der Waals surface area contributed by atoms with Crippen LogP contribution in [0.3, 0.4) is 0 Å². The molecule has 0 unspecified atom stereocenters. The van der Waals surface area contributed by atoms with Crippen LogP contribution >= 0.6 is 0 Å². The number of ether oxygens (including phenoxy) is 4. The maximum absolute atomic E-state index is 12.0. The highest BCUT2D eigenvalue weighted by Gasteiger charge is 2.18. The van der Waals surface area contributed by atoms with Crippen LogP contribution in [-0.2, 0) is 4.79 Å². The van der Waals surface area contributed by atoms with Gasteiger partial charge in [0.05, 0.1) is 28.4 Å². The summed E-state index contributed by atoms with van der Waals surface area (Å²) in [5.41, 5.74) is 6.84. The second-order valence-electron chi connectivity index (χ2n) is 5.27. The number of phenols is 1. The highest BCUT2D eigenvalue weighted by Crippen LogP contribution is 2.40. The number of carbonyl (C=O) groups excluding carboxylic acids is 1. The molecule has 0 saturated carbocycles. The van der Waals surface area contributed by atoms with Gasteiger partial charge in [-0.15, -0.1) is 0 Å². The molecular weight excluding hydrogens is 338 g/mol. The molecule has 7 heteroatoms. The van der Waals surface area contributed by atoms with Crippen LogP contribution in [0, 0.1) is 0 Å². The molecule has 0 saturated heterocycles. The standard InChI is InChI=1S/C19H21NO6/c1-23-15-6-5-11(8-14(15)21)7-13(19(20)22)12-9-16(24-2)18(26-4)17(10-12)25-3/h5-10,21H,1-4H3,(H2,20,22)/b13-7+. The van der Waals surface area contributed by atoms with Crippen LogP contribution in [0.5, 0.6) is 28.7 Å². The molecule has 0 spiro atoms. The van der Waals surface area contributed by atoms with E-state index in [0.29, 0.717) is 34.1 Å². The number of amides is 1. The fourth-order valence-electron chi connectivity index (χ4n) is 2.50. The minimum Gasteiger partial charge on any atom is -0.504 e. The molecule has 2 rings (SSSR count). The number of benzene rings is 2. The van der Waals surface area contributed by atoms with Gasteiger partial charge in [-0.05, 0) is 41.5 Å². The van der Waals surface area contributed by atoms with Crippen LogP contribution in [0.25, 0.3) is 11.6 Å². The molecule has 0 bridgehead atoms. The largest absolute Gasteiger partial charge is 0.504 e. The van der Waals surface area contributed by atoms with Crippen molar-refractivity contribution in [1.82, 2.24) is 0 Å². The average Bonchev–Trinajstić information content (AvgIpc) is 2.64. The minimum atomic E-state index is -0.644. The first-order chi connectivity index (χ1) is 12.4. The van der Waals surface area contributed by atoms with Crippen molar-refractivity contribution in [2.75, 3.05) is 28.4 Å². The van der Waals surface area contributed by atoms with Crippen molar-refractivity contribution in [1.29, 1.82) is 0 Å². The lowest BCUT2D eigenvalue weighted by molar-refractivity contribution is -0.112. The Balaban J connectivity index is 2.60. The summed E-state index contributed by atoms with van der Waals surface area (Å²) in [4.78, 5) is 12.0. The van der Waals surface area contributed by atoms with Crippen molar-refractivity contribution < 1.29 is 28.8 Å². The molecule has 7 nitrogen and oxygen atoms in total. The van der Waals surface area contributed by atoms with E-state index in [4.69, 9.17) is 24.7 Å². The minimum absolute atomic E-state index is 0.0463. The van der Waals surface area contributed by atoms with Crippen LogP contribution in [0.15, 0.2) is 30.3 Å². The third kappa shape index (κ3) is 3.83. The number of rotatable bonds is 7. The maximum atomic E-state index is 12.0. The average molecular weight is 359 g/mol. The van der Waals surface area contributed by atoms with Crippen molar-refractivity contribution in [2.24, 2.45) is 5.73 Å². The number of primary amides is 1. The van der Waals surface area contributed by atoms with E-state index < -0.39 is 5.91 Å². The van der Waals surface area contributed by atoms with E-state index in [0.717, 1.165) is 0 Å². The summed E-state index contributed by atoms with van der Waals surface area (Å²) in [6.07, 6.45) is 1.56. The predicted molar refractivity (Wildman–Crippen MR) is 97.8 cm³/mol. The Bertz CT molecular complexity index is 819. The summed E-state index contributed by atoms with van der Waals surface area (Å²) in [6.45, 7) is 0. The summed E-state index contributed by atoms with van der Waals surface area (Å²) in [7, 11) is 5.91. The molecule has 2 aromatic carbocycles. The molecule has 0 aliphatic heterocycles. The Kier molecular flexibility index (Phi) is 5.95. The van der Waals surface area contributed by atoms with Gasteiger partial charge in [0, 0.05) is 5.57 Å². The van der Waals surface area contributed by atoms with Gasteiger partial charge in [-0.25, -0.2) is 0 Å². The summed E-state index contributed by atoms with van der Waals surface area (Å²) in [6, 6.07) is 8.01. The van der Waals surface area contributed by atoms with Crippen molar-refractivity contribution in [3.8, 4) is 28.7 Å². The van der Waals surface area contributed by atoms with Gasteiger partial charge in [0.1, 0.15) is 0 Å². The highest BCUT2D eigenvalue weighted by atomic mass is 16.5. The van der Waals surface area contributed by atoms with Crippen LogP contribution in [-0.4, -0.2) is 39.5 Å². The second kappa shape index (κ2) is 8.15. The SMILES string of the molecule is COc1ccc(/C=C(/C(N)=O)c2cc(OC)c(OC)c(OC)c2)cc1O. The molecule has 2 aromatic rings. The normalized spacial score (nSPS) is 11.0. The zero-order valence-electron chi connectivity index (χ0n) is 15.0. The first kappa shape index (κ1) is 19.0. The molecule has 0 radical (unpaired) electrons. The van der Waals surface area contributed by atoms with Crippen molar-refractivity contribution in [2.45, 2.75) is 0 Å². The van der Waals surface area contributed by atoms with Crippen molar-refractivity contribution >= 4 is 17.6 Å². The Hall–Kier alpha value is -3.35. The summed E-state index contributed by atoms with van der Waals surface area (Å²) >= 11 is 0. The van der Waals surface area contributed by atoms with E-state index in [1.165, 1.54) is 34.5 Å². The monoisotopic (exact) mass is 359 g/mol. The fourth-order valence-corrected chi connectivity index (χ4v) is 2.50. The third-order valence-corrected chi connectivity index (χ3v) is 3.76. The Labute approximate surface area is 151 Å². The molecule has 1 amide bonds. The van der Waals surface area contributed by atoms with Gasteiger partial charge in [0.25, 0.3) is 0 Å². The fraction of sp³-hybridized carbons (Fsp3) is 0.211. The third-order valence-electron chi connectivity index (χ3n) is 3.76. The zero-order valence-corrected chi connectivity index (χ0v) is 15.0. The first-order valence-corrected chi connectivity index (χ1v) is 7.64. The first-order valence-electron chi connectivity index (χ1n) is 7.64. The van der Waals surface area contributed by atoms with Gasteiger partial charge in [0.15, 0.2) is 23.0 Å². The molecule has 0 atom stereocenters. The smallest absolute Gasteiger partial charge is 0.249 e. The summed E-state index contributed by atoms with van der Waals surface area (Å²) in [5, 5.41) is 9.92. The number of nitrogens with two attached hydrogens (primary N) is 1. The van der Waals surface area contributed by atoms with Gasteiger partial charge in [0.2, 0.25) is 11.7 Å². The Morgan fingerprint density at radius 3 is 1.92 bits per heavy atom. The number of methoxy groups -OCH3 is 4. The molecule has 0 aromatic heterocycles. The zero-order chi connectivity index (χ0) is 19.3. The quantitative estimate of drug-likeness (QED) is 0.582. The topological polar surface area (TPSA) is 100 Å². The molecule has 3 N–H and O–H groups in total. The van der Waals surface area contributed by atoms with E-state index in [2.05, 4.69) is 0 Å². The van der Waals surface area contributed by atoms with Crippen LogP contribution < -0.4 is 24.7 Å². The van der Waals surface area contributed by atoms with Crippen LogP contribution in [0.2, 0.25) is 0 Å². The van der Waals surface area contributed by atoms with E-state index in [9.17, 15) is 9.90 Å². The van der Waals surface area contributed by atoms with Gasteiger partial charge >= 0.3 is 0 Å². The summed E-state index contributed by atoms with van der Waals surface area (Å²) < 4.78 is 20.9. The van der Waals surface area contributed by atoms with Gasteiger partial charge < -0.3 is 29.8 Å².